The van der Waals surface area contributed by atoms with Gasteiger partial charge in [-0.2, -0.15) is 0 Å². The van der Waals surface area contributed by atoms with Crippen LogP contribution in [0.15, 0.2) is 18.3 Å². The fourth-order valence-corrected chi connectivity index (χ4v) is 1.19. The summed E-state index contributed by atoms with van der Waals surface area (Å²) in [4.78, 5) is 13.8. The Balaban J connectivity index is 2.29. The summed E-state index contributed by atoms with van der Waals surface area (Å²) in [5.74, 6) is 0.656. The minimum absolute atomic E-state index is 0.00457. The van der Waals surface area contributed by atoms with Crippen molar-refractivity contribution in [3.05, 3.63) is 28.4 Å². The maximum Gasteiger partial charge on any atom is 0.287 e. The van der Waals surface area contributed by atoms with Crippen molar-refractivity contribution in [2.45, 2.75) is 12.8 Å². The standard InChI is InChI=1S/C10H15N3O3/c1-16-7-3-2-6-11-10-5-4-9(8-12-10)13(14)15/h4-5,8H,2-3,6-7H2,1H3,(H,11,12). The molecule has 1 aromatic rings. The highest BCUT2D eigenvalue weighted by Gasteiger charge is 2.04. The Morgan fingerprint density at radius 2 is 2.31 bits per heavy atom. The quantitative estimate of drug-likeness (QED) is 0.435. The first kappa shape index (κ1) is 12.4. The lowest BCUT2D eigenvalue weighted by Gasteiger charge is -2.04. The highest BCUT2D eigenvalue weighted by Crippen LogP contribution is 2.11. The number of hydrogen-bond acceptors (Lipinski definition) is 5. The number of nitro groups is 1. The molecular weight excluding hydrogens is 210 g/mol. The van der Waals surface area contributed by atoms with Gasteiger partial charge in [0.05, 0.1) is 4.92 Å². The number of rotatable bonds is 7. The third kappa shape index (κ3) is 4.22. The number of methoxy groups -OCH3 is 1. The topological polar surface area (TPSA) is 77.3 Å². The smallest absolute Gasteiger partial charge is 0.287 e. The fraction of sp³-hybridized carbons (Fsp3) is 0.500. The minimum atomic E-state index is -0.463. The van der Waals surface area contributed by atoms with Gasteiger partial charge in [0.1, 0.15) is 12.0 Å². The summed E-state index contributed by atoms with van der Waals surface area (Å²) in [6, 6.07) is 3.04. The Hall–Kier alpha value is -1.69. The molecule has 88 valence electrons. The second-order valence-electron chi connectivity index (χ2n) is 3.29. The number of aromatic nitrogens is 1. The Kier molecular flexibility index (Phi) is 5.21. The van der Waals surface area contributed by atoms with E-state index in [9.17, 15) is 10.1 Å². The summed E-state index contributed by atoms with van der Waals surface area (Å²) in [6.07, 6.45) is 3.21. The van der Waals surface area contributed by atoms with E-state index in [1.54, 1.807) is 13.2 Å². The van der Waals surface area contributed by atoms with Crippen LogP contribution < -0.4 is 5.32 Å². The number of unbranched alkanes of at least 4 members (excludes halogenated alkanes) is 1. The van der Waals surface area contributed by atoms with Gasteiger partial charge >= 0.3 is 0 Å². The van der Waals surface area contributed by atoms with Crippen molar-refractivity contribution in [1.82, 2.24) is 4.98 Å². The maximum absolute atomic E-state index is 10.4. The maximum atomic E-state index is 10.4. The molecule has 0 fully saturated rings. The Morgan fingerprint density at radius 3 is 2.88 bits per heavy atom. The molecule has 0 spiro atoms. The first-order chi connectivity index (χ1) is 7.74. The molecule has 0 unspecified atom stereocenters. The molecule has 0 radical (unpaired) electrons. The molecule has 0 aliphatic rings. The summed E-state index contributed by atoms with van der Waals surface area (Å²) < 4.78 is 4.92. The number of nitrogens with zero attached hydrogens (tertiary/aromatic N) is 2. The highest BCUT2D eigenvalue weighted by atomic mass is 16.6. The molecule has 1 rings (SSSR count). The van der Waals surface area contributed by atoms with Crippen molar-refractivity contribution in [3.8, 4) is 0 Å². The molecule has 1 aromatic heterocycles. The van der Waals surface area contributed by atoms with Crippen LogP contribution in [-0.4, -0.2) is 30.2 Å². The lowest BCUT2D eigenvalue weighted by atomic mass is 10.3. The number of nitrogens with one attached hydrogen (secondary N) is 1. The molecule has 0 atom stereocenters. The summed E-state index contributed by atoms with van der Waals surface area (Å²) in [7, 11) is 1.67. The van der Waals surface area contributed by atoms with E-state index in [2.05, 4.69) is 10.3 Å². The van der Waals surface area contributed by atoms with E-state index in [0.717, 1.165) is 26.0 Å². The summed E-state index contributed by atoms with van der Waals surface area (Å²) in [5.41, 5.74) is 0.00457. The molecule has 0 aliphatic carbocycles. The van der Waals surface area contributed by atoms with Gasteiger partial charge in [0.2, 0.25) is 0 Å². The molecule has 0 aromatic carbocycles. The molecule has 16 heavy (non-hydrogen) atoms. The van der Waals surface area contributed by atoms with Crippen molar-refractivity contribution >= 4 is 11.5 Å². The SMILES string of the molecule is COCCCCNc1ccc([N+](=O)[O-])cn1. The van der Waals surface area contributed by atoms with Gasteiger partial charge in [0.15, 0.2) is 0 Å². The number of hydrogen-bond donors (Lipinski definition) is 1. The van der Waals surface area contributed by atoms with E-state index in [1.165, 1.54) is 12.3 Å². The normalized spacial score (nSPS) is 10.1. The Labute approximate surface area is 93.8 Å². The fourth-order valence-electron chi connectivity index (χ4n) is 1.19. The van der Waals surface area contributed by atoms with Crippen molar-refractivity contribution in [2.75, 3.05) is 25.6 Å². The highest BCUT2D eigenvalue weighted by molar-refractivity contribution is 5.39. The Bertz CT molecular complexity index is 327. The van der Waals surface area contributed by atoms with Crippen LogP contribution in [0.2, 0.25) is 0 Å². The van der Waals surface area contributed by atoms with Gasteiger partial charge in [-0.05, 0) is 18.9 Å². The van der Waals surface area contributed by atoms with Gasteiger partial charge in [-0.3, -0.25) is 10.1 Å². The van der Waals surface area contributed by atoms with Crippen molar-refractivity contribution < 1.29 is 9.66 Å². The molecule has 0 aliphatic heterocycles. The van der Waals surface area contributed by atoms with Gasteiger partial charge in [0, 0.05) is 26.3 Å². The van der Waals surface area contributed by atoms with Crippen molar-refractivity contribution in [3.63, 3.8) is 0 Å². The molecule has 1 heterocycles. The van der Waals surface area contributed by atoms with Crippen LogP contribution in [0.3, 0.4) is 0 Å². The van der Waals surface area contributed by atoms with Crippen LogP contribution in [0.5, 0.6) is 0 Å². The zero-order valence-electron chi connectivity index (χ0n) is 9.18. The molecule has 0 saturated carbocycles. The average Bonchev–Trinajstić information content (AvgIpc) is 2.29. The Morgan fingerprint density at radius 1 is 1.50 bits per heavy atom. The average molecular weight is 225 g/mol. The molecule has 0 amide bonds. The number of pyridine rings is 1. The van der Waals surface area contributed by atoms with Crippen LogP contribution in [0, 0.1) is 10.1 Å². The molecule has 1 N–H and O–H groups in total. The van der Waals surface area contributed by atoms with Gasteiger partial charge in [-0.15, -0.1) is 0 Å². The molecule has 6 heteroatoms. The predicted octanol–water partition coefficient (Wildman–Crippen LogP) is 1.83. The molecule has 0 bridgehead atoms. The largest absolute Gasteiger partial charge is 0.385 e. The van der Waals surface area contributed by atoms with Crippen LogP contribution >= 0.6 is 0 Å². The van der Waals surface area contributed by atoms with Crippen LogP contribution in [0.25, 0.3) is 0 Å². The van der Waals surface area contributed by atoms with E-state index < -0.39 is 4.92 Å². The van der Waals surface area contributed by atoms with E-state index in [4.69, 9.17) is 4.74 Å². The lowest BCUT2D eigenvalue weighted by Crippen LogP contribution is -2.04. The first-order valence-electron chi connectivity index (χ1n) is 5.07. The summed E-state index contributed by atoms with van der Waals surface area (Å²) in [6.45, 7) is 1.53. The van der Waals surface area contributed by atoms with E-state index >= 15 is 0 Å². The first-order valence-corrected chi connectivity index (χ1v) is 5.07. The molecule has 0 saturated heterocycles. The van der Waals surface area contributed by atoms with E-state index in [-0.39, 0.29) is 5.69 Å². The second-order valence-corrected chi connectivity index (χ2v) is 3.29. The zero-order chi connectivity index (χ0) is 11.8. The van der Waals surface area contributed by atoms with Gasteiger partial charge in [0.25, 0.3) is 5.69 Å². The van der Waals surface area contributed by atoms with Gasteiger partial charge < -0.3 is 10.1 Å². The zero-order valence-corrected chi connectivity index (χ0v) is 9.18. The minimum Gasteiger partial charge on any atom is -0.385 e. The summed E-state index contributed by atoms with van der Waals surface area (Å²) >= 11 is 0. The predicted molar refractivity (Wildman–Crippen MR) is 60.5 cm³/mol. The molecular formula is C10H15N3O3. The third-order valence-corrected chi connectivity index (χ3v) is 2.04. The lowest BCUT2D eigenvalue weighted by molar-refractivity contribution is -0.385. The van der Waals surface area contributed by atoms with Gasteiger partial charge in [-0.1, -0.05) is 0 Å². The second kappa shape index (κ2) is 6.73. The van der Waals surface area contributed by atoms with E-state index in [0.29, 0.717) is 5.82 Å². The van der Waals surface area contributed by atoms with Crippen molar-refractivity contribution in [1.29, 1.82) is 0 Å². The molecule has 6 nitrogen and oxygen atoms in total. The van der Waals surface area contributed by atoms with Gasteiger partial charge in [-0.25, -0.2) is 4.98 Å². The monoisotopic (exact) mass is 225 g/mol. The van der Waals surface area contributed by atoms with E-state index in [1.807, 2.05) is 0 Å². The number of anilines is 1. The third-order valence-electron chi connectivity index (χ3n) is 2.04. The number of ether oxygens (including phenoxy) is 1. The van der Waals surface area contributed by atoms with Crippen LogP contribution in [0.1, 0.15) is 12.8 Å². The van der Waals surface area contributed by atoms with Crippen LogP contribution in [0.4, 0.5) is 11.5 Å². The summed E-state index contributed by atoms with van der Waals surface area (Å²) in [5, 5.41) is 13.5. The van der Waals surface area contributed by atoms with Crippen LogP contribution in [-0.2, 0) is 4.74 Å². The van der Waals surface area contributed by atoms with Crippen molar-refractivity contribution in [2.24, 2.45) is 0 Å².